The van der Waals surface area contributed by atoms with Crippen LogP contribution >= 0.6 is 0 Å². The quantitative estimate of drug-likeness (QED) is 0.554. The van der Waals surface area contributed by atoms with Crippen LogP contribution in [-0.2, 0) is 17.8 Å². The Morgan fingerprint density at radius 3 is 2.75 bits per heavy atom. The highest BCUT2D eigenvalue weighted by Crippen LogP contribution is 2.21. The number of carbonyl (C=O) groups excluding carboxylic acids is 2. The molecule has 2 aromatic heterocycles. The lowest BCUT2D eigenvalue weighted by Crippen LogP contribution is -2.33. The van der Waals surface area contributed by atoms with E-state index in [1.54, 1.807) is 19.0 Å². The second-order valence-electron chi connectivity index (χ2n) is 6.79. The summed E-state index contributed by atoms with van der Waals surface area (Å²) in [5.41, 5.74) is 7.67. The Morgan fingerprint density at radius 1 is 1.18 bits per heavy atom. The standard InChI is InChI=1S/C18H20N8O2/c1-25(2)17-23-14(22-16(19)24-17)9-26-15(27)13(21-18(26)28)7-10-8-20-12-6-4-3-5-11(10)12/h3-6,8,13,20H,7,9H2,1-2H3,(H,21,28)(H2,19,22,23,24)/t13-/m1/s1. The predicted octanol–water partition coefficient (Wildman–Crippen LogP) is 0.664. The third kappa shape index (κ3) is 3.20. The number of fused-ring (bicyclic) bond motifs is 1. The first kappa shape index (κ1) is 17.7. The van der Waals surface area contributed by atoms with Gasteiger partial charge in [0, 0.05) is 37.6 Å². The highest BCUT2D eigenvalue weighted by molar-refractivity contribution is 6.04. The lowest BCUT2D eigenvalue weighted by molar-refractivity contribution is -0.127. The molecule has 0 saturated carbocycles. The number of urea groups is 1. The van der Waals surface area contributed by atoms with E-state index in [9.17, 15) is 9.59 Å². The van der Waals surface area contributed by atoms with Crippen LogP contribution in [0, 0.1) is 0 Å². The molecule has 1 saturated heterocycles. The molecule has 0 aliphatic carbocycles. The van der Waals surface area contributed by atoms with E-state index in [0.717, 1.165) is 21.4 Å². The number of aromatic nitrogens is 4. The number of nitrogen functional groups attached to an aromatic ring is 1. The Bertz CT molecular complexity index is 1060. The molecule has 0 spiro atoms. The molecule has 0 bridgehead atoms. The molecule has 28 heavy (non-hydrogen) atoms. The van der Waals surface area contributed by atoms with Crippen LogP contribution in [0.15, 0.2) is 30.5 Å². The molecule has 1 atom stereocenters. The van der Waals surface area contributed by atoms with Gasteiger partial charge in [-0.25, -0.2) is 4.79 Å². The lowest BCUT2D eigenvalue weighted by Gasteiger charge is -2.15. The average molecular weight is 380 g/mol. The zero-order valence-corrected chi connectivity index (χ0v) is 15.5. The van der Waals surface area contributed by atoms with Gasteiger partial charge in [-0.1, -0.05) is 18.2 Å². The molecule has 4 N–H and O–H groups in total. The van der Waals surface area contributed by atoms with Crippen molar-refractivity contribution in [2.75, 3.05) is 24.7 Å². The van der Waals surface area contributed by atoms with E-state index in [-0.39, 0.29) is 24.2 Å². The smallest absolute Gasteiger partial charge is 0.325 e. The number of rotatable bonds is 5. The van der Waals surface area contributed by atoms with E-state index in [2.05, 4.69) is 25.3 Å². The number of aromatic amines is 1. The van der Waals surface area contributed by atoms with Gasteiger partial charge >= 0.3 is 6.03 Å². The Morgan fingerprint density at radius 2 is 1.96 bits per heavy atom. The second kappa shape index (κ2) is 6.80. The molecule has 144 valence electrons. The maximum absolute atomic E-state index is 12.8. The van der Waals surface area contributed by atoms with E-state index in [0.29, 0.717) is 12.4 Å². The van der Waals surface area contributed by atoms with Gasteiger partial charge in [-0.2, -0.15) is 15.0 Å². The molecule has 3 heterocycles. The zero-order valence-electron chi connectivity index (χ0n) is 15.5. The van der Waals surface area contributed by atoms with Crippen LogP contribution in [0.25, 0.3) is 10.9 Å². The van der Waals surface area contributed by atoms with Crippen LogP contribution in [0.3, 0.4) is 0 Å². The fourth-order valence-corrected chi connectivity index (χ4v) is 3.22. The number of hydrogen-bond donors (Lipinski definition) is 3. The van der Waals surface area contributed by atoms with Crippen LogP contribution in [0.4, 0.5) is 16.7 Å². The largest absolute Gasteiger partial charge is 0.368 e. The van der Waals surface area contributed by atoms with Crippen molar-refractivity contribution in [1.82, 2.24) is 30.2 Å². The van der Waals surface area contributed by atoms with E-state index in [1.807, 2.05) is 30.5 Å². The summed E-state index contributed by atoms with van der Waals surface area (Å²) in [4.78, 5) is 43.4. The molecule has 3 aromatic rings. The van der Waals surface area contributed by atoms with Gasteiger partial charge in [-0.3, -0.25) is 9.69 Å². The van der Waals surface area contributed by atoms with E-state index < -0.39 is 12.1 Å². The van der Waals surface area contributed by atoms with Gasteiger partial charge in [0.15, 0.2) is 5.82 Å². The number of hydrogen-bond acceptors (Lipinski definition) is 7. The van der Waals surface area contributed by atoms with Crippen LogP contribution in [-0.4, -0.2) is 56.9 Å². The monoisotopic (exact) mass is 380 g/mol. The normalized spacial score (nSPS) is 16.6. The number of carbonyl (C=O) groups is 2. The minimum absolute atomic E-state index is 0.0381. The number of benzene rings is 1. The predicted molar refractivity (Wildman–Crippen MR) is 103 cm³/mol. The number of H-pyrrole nitrogens is 1. The molecule has 0 unspecified atom stereocenters. The van der Waals surface area contributed by atoms with Crippen LogP contribution in [0.1, 0.15) is 11.4 Å². The van der Waals surface area contributed by atoms with E-state index >= 15 is 0 Å². The summed E-state index contributed by atoms with van der Waals surface area (Å²) < 4.78 is 0. The molecule has 1 aliphatic heterocycles. The Balaban J connectivity index is 1.53. The van der Waals surface area contributed by atoms with Gasteiger partial charge in [0.05, 0.1) is 6.54 Å². The first-order valence-electron chi connectivity index (χ1n) is 8.77. The maximum Gasteiger partial charge on any atom is 0.325 e. The third-order valence-electron chi connectivity index (χ3n) is 4.59. The Kier molecular flexibility index (Phi) is 4.30. The molecule has 1 aliphatic rings. The van der Waals surface area contributed by atoms with Crippen molar-refractivity contribution in [2.45, 2.75) is 19.0 Å². The summed E-state index contributed by atoms with van der Waals surface area (Å²) in [7, 11) is 3.53. The fourth-order valence-electron chi connectivity index (χ4n) is 3.22. The second-order valence-corrected chi connectivity index (χ2v) is 6.79. The molecular formula is C18H20N8O2. The number of nitrogens with zero attached hydrogens (tertiary/aromatic N) is 5. The SMILES string of the molecule is CN(C)c1nc(N)nc(CN2C(=O)N[C@H](Cc3c[nH]c4ccccc34)C2=O)n1. The summed E-state index contributed by atoms with van der Waals surface area (Å²) in [6.07, 6.45) is 2.26. The maximum atomic E-state index is 12.8. The molecule has 1 fully saturated rings. The highest BCUT2D eigenvalue weighted by Gasteiger charge is 2.38. The molecule has 0 radical (unpaired) electrons. The number of amides is 3. The minimum Gasteiger partial charge on any atom is -0.368 e. The Labute approximate surface area is 160 Å². The van der Waals surface area contributed by atoms with Gasteiger partial charge in [0.1, 0.15) is 6.04 Å². The Hall–Kier alpha value is -3.69. The molecule has 1 aromatic carbocycles. The van der Waals surface area contributed by atoms with Gasteiger partial charge in [0.2, 0.25) is 11.9 Å². The van der Waals surface area contributed by atoms with Gasteiger partial charge in [-0.05, 0) is 11.6 Å². The number of nitrogens with one attached hydrogen (secondary N) is 2. The average Bonchev–Trinajstić information content (AvgIpc) is 3.18. The highest BCUT2D eigenvalue weighted by atomic mass is 16.2. The molecule has 4 rings (SSSR count). The van der Waals surface area contributed by atoms with Crippen molar-refractivity contribution in [1.29, 1.82) is 0 Å². The van der Waals surface area contributed by atoms with Crippen LogP contribution in [0.2, 0.25) is 0 Å². The van der Waals surface area contributed by atoms with Crippen molar-refractivity contribution in [3.63, 3.8) is 0 Å². The summed E-state index contributed by atoms with van der Waals surface area (Å²) in [6, 6.07) is 6.72. The summed E-state index contributed by atoms with van der Waals surface area (Å²) in [6.45, 7) is -0.0669. The molecule has 10 heteroatoms. The number of imide groups is 1. The third-order valence-corrected chi connectivity index (χ3v) is 4.59. The molecule has 10 nitrogen and oxygen atoms in total. The first-order valence-corrected chi connectivity index (χ1v) is 8.77. The number of para-hydroxylation sites is 1. The van der Waals surface area contributed by atoms with Gasteiger partial charge in [0.25, 0.3) is 5.91 Å². The van der Waals surface area contributed by atoms with Crippen molar-refractivity contribution < 1.29 is 9.59 Å². The van der Waals surface area contributed by atoms with Gasteiger partial charge < -0.3 is 20.9 Å². The van der Waals surface area contributed by atoms with Crippen molar-refractivity contribution in [2.24, 2.45) is 0 Å². The van der Waals surface area contributed by atoms with Crippen LogP contribution < -0.4 is 16.0 Å². The van der Waals surface area contributed by atoms with E-state index in [1.165, 1.54) is 0 Å². The topological polar surface area (TPSA) is 133 Å². The summed E-state index contributed by atoms with van der Waals surface area (Å²) >= 11 is 0. The minimum atomic E-state index is -0.640. The zero-order chi connectivity index (χ0) is 19.8. The fraction of sp³-hybridized carbons (Fsp3) is 0.278. The molecular weight excluding hydrogens is 360 g/mol. The lowest BCUT2D eigenvalue weighted by atomic mass is 10.1. The molecule has 3 amide bonds. The van der Waals surface area contributed by atoms with Crippen molar-refractivity contribution in [3.8, 4) is 0 Å². The van der Waals surface area contributed by atoms with Crippen LogP contribution in [0.5, 0.6) is 0 Å². The van der Waals surface area contributed by atoms with Crippen molar-refractivity contribution in [3.05, 3.63) is 41.9 Å². The van der Waals surface area contributed by atoms with Gasteiger partial charge in [-0.15, -0.1) is 0 Å². The van der Waals surface area contributed by atoms with E-state index in [4.69, 9.17) is 5.73 Å². The summed E-state index contributed by atoms with van der Waals surface area (Å²) in [5.74, 6) is 0.342. The number of anilines is 2. The number of nitrogens with two attached hydrogens (primary N) is 1. The van der Waals surface area contributed by atoms with Crippen molar-refractivity contribution >= 4 is 34.7 Å². The summed E-state index contributed by atoms with van der Waals surface area (Å²) in [5, 5.41) is 3.77. The first-order chi connectivity index (χ1) is 13.4.